The highest BCUT2D eigenvalue weighted by atomic mass is 32.2. The van der Waals surface area contributed by atoms with Gasteiger partial charge in [-0.2, -0.15) is 11.8 Å². The van der Waals surface area contributed by atoms with Crippen LogP contribution in [0.25, 0.3) is 0 Å². The molecule has 0 aliphatic rings. The van der Waals surface area contributed by atoms with E-state index in [-0.39, 0.29) is 12.5 Å². The van der Waals surface area contributed by atoms with Crippen molar-refractivity contribution in [2.75, 3.05) is 29.4 Å². The summed E-state index contributed by atoms with van der Waals surface area (Å²) in [4.78, 5) is 12.3. The zero-order valence-corrected chi connectivity index (χ0v) is 19.2. The molecule has 1 amide bonds. The smallest absolute Gasteiger partial charge is 0.240 e. The fourth-order valence-electron chi connectivity index (χ4n) is 3.04. The summed E-state index contributed by atoms with van der Waals surface area (Å²) in [5.41, 5.74) is 5.06. The average Bonchev–Trinajstić information content (AvgIpc) is 2.62. The lowest BCUT2D eigenvalue weighted by Crippen LogP contribution is -2.40. The summed E-state index contributed by atoms with van der Waals surface area (Å²) in [6.07, 6.45) is 1.96. The molecule has 7 heteroatoms. The van der Waals surface area contributed by atoms with Crippen molar-refractivity contribution < 1.29 is 13.2 Å². The lowest BCUT2D eigenvalue weighted by Gasteiger charge is -2.22. The molecule has 0 aliphatic carbocycles. The van der Waals surface area contributed by atoms with Crippen LogP contribution < -0.4 is 9.62 Å². The molecular weight excluding hydrogens is 404 g/mol. The number of rotatable bonds is 10. The van der Waals surface area contributed by atoms with Crippen LogP contribution in [0.15, 0.2) is 42.5 Å². The summed E-state index contributed by atoms with van der Waals surface area (Å²) in [6, 6.07) is 13.9. The van der Waals surface area contributed by atoms with Gasteiger partial charge >= 0.3 is 0 Å². The number of aryl methyl sites for hydroxylation is 3. The van der Waals surface area contributed by atoms with Crippen molar-refractivity contribution in [1.82, 2.24) is 5.32 Å². The van der Waals surface area contributed by atoms with Gasteiger partial charge in [0.05, 0.1) is 11.9 Å². The maximum atomic E-state index is 12.3. The van der Waals surface area contributed by atoms with Gasteiger partial charge in [0.25, 0.3) is 0 Å². The molecular formula is C22H30N2O3S2. The zero-order chi connectivity index (χ0) is 21.4. The molecule has 0 aliphatic heterocycles. The minimum atomic E-state index is -3.55. The Labute approximate surface area is 178 Å². The number of nitrogens with one attached hydrogen (secondary N) is 1. The van der Waals surface area contributed by atoms with E-state index in [1.807, 2.05) is 43.8 Å². The van der Waals surface area contributed by atoms with Crippen LogP contribution in [0.3, 0.4) is 0 Å². The zero-order valence-electron chi connectivity index (χ0n) is 17.6. The van der Waals surface area contributed by atoms with E-state index in [9.17, 15) is 13.2 Å². The molecule has 0 spiro atoms. The van der Waals surface area contributed by atoms with Crippen molar-refractivity contribution in [2.24, 2.45) is 0 Å². The predicted molar refractivity (Wildman–Crippen MR) is 123 cm³/mol. The molecule has 1 N–H and O–H groups in total. The molecule has 158 valence electrons. The van der Waals surface area contributed by atoms with E-state index in [1.165, 1.54) is 11.1 Å². The van der Waals surface area contributed by atoms with Crippen LogP contribution in [0.2, 0.25) is 0 Å². The van der Waals surface area contributed by atoms with Gasteiger partial charge in [-0.1, -0.05) is 30.3 Å². The molecule has 0 bridgehead atoms. The molecule has 29 heavy (non-hydrogen) atoms. The van der Waals surface area contributed by atoms with Gasteiger partial charge in [0.1, 0.15) is 6.54 Å². The Morgan fingerprint density at radius 3 is 2.34 bits per heavy atom. The molecule has 2 aromatic carbocycles. The second-order valence-corrected chi connectivity index (χ2v) is 10.3. The number of sulfonamides is 1. The summed E-state index contributed by atoms with van der Waals surface area (Å²) in [5, 5.41) is 2.84. The van der Waals surface area contributed by atoms with Gasteiger partial charge in [0, 0.05) is 12.3 Å². The highest BCUT2D eigenvalue weighted by molar-refractivity contribution is 7.98. The van der Waals surface area contributed by atoms with Crippen LogP contribution in [0.1, 0.15) is 28.7 Å². The Bertz CT molecular complexity index is 923. The Hall–Kier alpha value is -1.99. The summed E-state index contributed by atoms with van der Waals surface area (Å²) in [6.45, 7) is 6.25. The van der Waals surface area contributed by atoms with E-state index < -0.39 is 10.0 Å². The number of carbonyl (C=O) groups is 1. The largest absolute Gasteiger partial charge is 0.354 e. The van der Waals surface area contributed by atoms with Gasteiger partial charge in [-0.3, -0.25) is 9.10 Å². The van der Waals surface area contributed by atoms with E-state index in [2.05, 4.69) is 24.4 Å². The first-order valence-corrected chi connectivity index (χ1v) is 12.6. The average molecular weight is 435 g/mol. The topological polar surface area (TPSA) is 66.5 Å². The second kappa shape index (κ2) is 10.7. The molecule has 0 aromatic heterocycles. The van der Waals surface area contributed by atoms with Gasteiger partial charge in [-0.15, -0.1) is 0 Å². The SMILES string of the molecule is Cc1cc(C)cc(N(CC(=O)NCCCSCc2ccccc2C)S(C)(=O)=O)c1. The third kappa shape index (κ3) is 7.74. The monoisotopic (exact) mass is 434 g/mol. The van der Waals surface area contributed by atoms with Crippen molar-refractivity contribution in [1.29, 1.82) is 0 Å². The van der Waals surface area contributed by atoms with Crippen LogP contribution in [0.4, 0.5) is 5.69 Å². The Balaban J connectivity index is 1.81. The van der Waals surface area contributed by atoms with Gasteiger partial charge in [0.15, 0.2) is 0 Å². The summed E-state index contributed by atoms with van der Waals surface area (Å²) < 4.78 is 25.6. The number of benzene rings is 2. The number of carbonyl (C=O) groups excluding carboxylic acids is 1. The predicted octanol–water partition coefficient (Wildman–Crippen LogP) is 3.82. The molecule has 2 aromatic rings. The quantitative estimate of drug-likeness (QED) is 0.578. The number of hydrogen-bond acceptors (Lipinski definition) is 4. The maximum Gasteiger partial charge on any atom is 0.240 e. The molecule has 0 atom stereocenters. The van der Waals surface area contributed by atoms with Crippen molar-refractivity contribution in [3.05, 3.63) is 64.7 Å². The number of anilines is 1. The lowest BCUT2D eigenvalue weighted by molar-refractivity contribution is -0.119. The Morgan fingerprint density at radius 2 is 1.72 bits per heavy atom. The van der Waals surface area contributed by atoms with E-state index in [0.29, 0.717) is 12.2 Å². The lowest BCUT2D eigenvalue weighted by atomic mass is 10.1. The number of amides is 1. The molecule has 0 radical (unpaired) electrons. The van der Waals surface area contributed by atoms with E-state index in [1.54, 1.807) is 12.1 Å². The van der Waals surface area contributed by atoms with E-state index >= 15 is 0 Å². The Kier molecular flexibility index (Phi) is 8.59. The van der Waals surface area contributed by atoms with Crippen LogP contribution >= 0.6 is 11.8 Å². The van der Waals surface area contributed by atoms with Crippen LogP contribution in [-0.2, 0) is 20.6 Å². The molecule has 0 heterocycles. The molecule has 0 saturated carbocycles. The minimum absolute atomic E-state index is 0.210. The van der Waals surface area contributed by atoms with Crippen LogP contribution in [0, 0.1) is 20.8 Å². The summed E-state index contributed by atoms with van der Waals surface area (Å²) in [5.74, 6) is 1.59. The molecule has 5 nitrogen and oxygen atoms in total. The standard InChI is InChI=1S/C22H30N2O3S2/c1-17-12-18(2)14-21(13-17)24(29(4,26)27)15-22(25)23-10-7-11-28-16-20-9-6-5-8-19(20)3/h5-6,8-9,12-14H,7,10-11,15-16H2,1-4H3,(H,23,25). The fourth-order valence-corrected chi connectivity index (χ4v) is 4.91. The van der Waals surface area contributed by atoms with Gasteiger partial charge in [0.2, 0.25) is 15.9 Å². The van der Waals surface area contributed by atoms with Crippen molar-refractivity contribution in [2.45, 2.75) is 32.9 Å². The van der Waals surface area contributed by atoms with Gasteiger partial charge in [-0.25, -0.2) is 8.42 Å². The van der Waals surface area contributed by atoms with Crippen molar-refractivity contribution >= 4 is 33.4 Å². The molecule has 0 saturated heterocycles. The highest BCUT2D eigenvalue weighted by Gasteiger charge is 2.21. The van der Waals surface area contributed by atoms with Crippen molar-refractivity contribution in [3.63, 3.8) is 0 Å². The first-order chi connectivity index (χ1) is 13.7. The molecule has 2 rings (SSSR count). The van der Waals surface area contributed by atoms with Crippen molar-refractivity contribution in [3.8, 4) is 0 Å². The number of nitrogens with zero attached hydrogens (tertiary/aromatic N) is 1. The molecule has 0 fully saturated rings. The maximum absolute atomic E-state index is 12.3. The highest BCUT2D eigenvalue weighted by Crippen LogP contribution is 2.21. The third-order valence-electron chi connectivity index (χ3n) is 4.49. The summed E-state index contributed by atoms with van der Waals surface area (Å²) in [7, 11) is -3.55. The van der Waals surface area contributed by atoms with E-state index in [0.717, 1.165) is 39.6 Å². The van der Waals surface area contributed by atoms with Crippen LogP contribution in [0.5, 0.6) is 0 Å². The Morgan fingerprint density at radius 1 is 1.07 bits per heavy atom. The first-order valence-electron chi connectivity index (χ1n) is 9.62. The first kappa shape index (κ1) is 23.3. The van der Waals surface area contributed by atoms with E-state index in [4.69, 9.17) is 0 Å². The minimum Gasteiger partial charge on any atom is -0.354 e. The number of hydrogen-bond donors (Lipinski definition) is 1. The third-order valence-corrected chi connectivity index (χ3v) is 6.72. The second-order valence-electron chi connectivity index (χ2n) is 7.30. The number of thioether (sulfide) groups is 1. The fraction of sp³-hybridized carbons (Fsp3) is 0.409. The van der Waals surface area contributed by atoms with Crippen LogP contribution in [-0.4, -0.2) is 39.4 Å². The molecule has 0 unspecified atom stereocenters. The van der Waals surface area contributed by atoms with Gasteiger partial charge in [-0.05, 0) is 67.3 Å². The summed E-state index contributed by atoms with van der Waals surface area (Å²) >= 11 is 1.83. The van der Waals surface area contributed by atoms with Gasteiger partial charge < -0.3 is 5.32 Å². The normalized spacial score (nSPS) is 11.3.